The minimum absolute atomic E-state index is 0.161. The molecule has 1 aliphatic carbocycles. The van der Waals surface area contributed by atoms with E-state index < -0.39 is 10.0 Å². The zero-order valence-corrected chi connectivity index (χ0v) is 10.4. The van der Waals surface area contributed by atoms with Crippen LogP contribution in [-0.4, -0.2) is 58.4 Å². The van der Waals surface area contributed by atoms with Crippen LogP contribution in [0, 0.1) is 0 Å². The van der Waals surface area contributed by atoms with Gasteiger partial charge in [-0.2, -0.15) is 0 Å². The Kier molecular flexibility index (Phi) is 4.51. The maximum Gasteiger partial charge on any atom is 0.214 e. The van der Waals surface area contributed by atoms with Gasteiger partial charge in [-0.1, -0.05) is 0 Å². The first kappa shape index (κ1) is 12.9. The lowest BCUT2D eigenvalue weighted by Gasteiger charge is -2.34. The van der Waals surface area contributed by atoms with Gasteiger partial charge in [0.1, 0.15) is 0 Å². The molecule has 0 spiro atoms. The van der Waals surface area contributed by atoms with Crippen molar-refractivity contribution < 1.29 is 13.2 Å². The molecule has 5 nitrogen and oxygen atoms in total. The molecule has 0 aliphatic heterocycles. The monoisotopic (exact) mass is 236 g/mol. The van der Waals surface area contributed by atoms with Crippen LogP contribution >= 0.6 is 0 Å². The summed E-state index contributed by atoms with van der Waals surface area (Å²) in [7, 11) is 1.76. The molecule has 0 aromatic heterocycles. The van der Waals surface area contributed by atoms with E-state index in [1.807, 2.05) is 0 Å². The Hall–Kier alpha value is -0.170. The second-order valence-corrected chi connectivity index (χ2v) is 6.38. The second kappa shape index (κ2) is 5.25. The van der Waals surface area contributed by atoms with Crippen LogP contribution in [0.15, 0.2) is 0 Å². The predicted octanol–water partition coefficient (Wildman–Crippen LogP) is -0.355. The van der Waals surface area contributed by atoms with Crippen molar-refractivity contribution in [3.05, 3.63) is 0 Å². The number of methoxy groups -OCH3 is 1. The summed E-state index contributed by atoms with van der Waals surface area (Å²) in [6.07, 6.45) is 2.32. The highest BCUT2D eigenvalue weighted by molar-refractivity contribution is 7.89. The number of nitrogens with zero attached hydrogens (tertiary/aromatic N) is 1. The predicted molar refractivity (Wildman–Crippen MR) is 59.3 cm³/mol. The van der Waals surface area contributed by atoms with Crippen LogP contribution < -0.4 is 5.32 Å². The molecular formula is C9H20N2O3S. The van der Waals surface area contributed by atoms with Crippen LogP contribution in [0.3, 0.4) is 0 Å². The van der Waals surface area contributed by atoms with Gasteiger partial charge in [0, 0.05) is 33.8 Å². The molecule has 0 aromatic carbocycles. The van der Waals surface area contributed by atoms with Gasteiger partial charge in [0.15, 0.2) is 0 Å². The van der Waals surface area contributed by atoms with Gasteiger partial charge in [0.05, 0.1) is 11.9 Å². The molecule has 1 N–H and O–H groups in total. The van der Waals surface area contributed by atoms with Crippen molar-refractivity contribution in [1.29, 1.82) is 0 Å². The summed E-state index contributed by atoms with van der Waals surface area (Å²) in [6, 6.07) is 0.423. The Morgan fingerprint density at radius 1 is 1.40 bits per heavy atom. The molecule has 0 saturated heterocycles. The molecule has 0 amide bonds. The largest absolute Gasteiger partial charge is 0.381 e. The van der Waals surface area contributed by atoms with Crippen molar-refractivity contribution in [3.63, 3.8) is 0 Å². The van der Waals surface area contributed by atoms with Gasteiger partial charge in [-0.3, -0.25) is 0 Å². The SMILES string of the molecule is COC1CC(NCCS(=O)(=O)N(C)C)C1. The van der Waals surface area contributed by atoms with E-state index in [1.54, 1.807) is 21.2 Å². The molecule has 1 fully saturated rings. The summed E-state index contributed by atoms with van der Waals surface area (Å²) in [6.45, 7) is 0.515. The van der Waals surface area contributed by atoms with Crippen molar-refractivity contribution in [3.8, 4) is 0 Å². The molecule has 0 aromatic rings. The summed E-state index contributed by atoms with van der Waals surface area (Å²) >= 11 is 0. The molecule has 0 atom stereocenters. The number of nitrogens with one attached hydrogen (secondary N) is 1. The molecule has 15 heavy (non-hydrogen) atoms. The van der Waals surface area contributed by atoms with E-state index in [0.29, 0.717) is 18.7 Å². The minimum atomic E-state index is -3.06. The highest BCUT2D eigenvalue weighted by Gasteiger charge is 2.28. The van der Waals surface area contributed by atoms with Gasteiger partial charge in [0.25, 0.3) is 0 Å². The Balaban J connectivity index is 2.13. The maximum atomic E-state index is 11.4. The van der Waals surface area contributed by atoms with Crippen LogP contribution in [0.1, 0.15) is 12.8 Å². The average Bonchev–Trinajstić information content (AvgIpc) is 2.08. The molecule has 0 bridgehead atoms. The molecule has 1 aliphatic rings. The van der Waals surface area contributed by atoms with Crippen LogP contribution in [-0.2, 0) is 14.8 Å². The third-order valence-corrected chi connectivity index (χ3v) is 4.61. The van der Waals surface area contributed by atoms with E-state index in [0.717, 1.165) is 12.8 Å². The van der Waals surface area contributed by atoms with E-state index in [4.69, 9.17) is 4.74 Å². The van der Waals surface area contributed by atoms with Crippen molar-refractivity contribution in [2.45, 2.75) is 25.0 Å². The van der Waals surface area contributed by atoms with Crippen molar-refractivity contribution >= 4 is 10.0 Å². The lowest BCUT2D eigenvalue weighted by atomic mass is 9.89. The number of hydrogen-bond donors (Lipinski definition) is 1. The van der Waals surface area contributed by atoms with Gasteiger partial charge in [-0.15, -0.1) is 0 Å². The fraction of sp³-hybridized carbons (Fsp3) is 1.00. The fourth-order valence-corrected chi connectivity index (χ4v) is 2.24. The minimum Gasteiger partial charge on any atom is -0.381 e. The topological polar surface area (TPSA) is 58.6 Å². The van der Waals surface area contributed by atoms with E-state index >= 15 is 0 Å². The maximum absolute atomic E-state index is 11.4. The summed E-state index contributed by atoms with van der Waals surface area (Å²) in [5.41, 5.74) is 0. The second-order valence-electron chi connectivity index (χ2n) is 4.08. The molecule has 0 heterocycles. The van der Waals surface area contributed by atoms with Gasteiger partial charge >= 0.3 is 0 Å². The average molecular weight is 236 g/mol. The Labute approximate surface area is 91.8 Å². The highest BCUT2D eigenvalue weighted by atomic mass is 32.2. The first-order valence-corrected chi connectivity index (χ1v) is 6.73. The molecule has 0 unspecified atom stereocenters. The van der Waals surface area contributed by atoms with E-state index in [9.17, 15) is 8.42 Å². The van der Waals surface area contributed by atoms with Crippen LogP contribution in [0.25, 0.3) is 0 Å². The van der Waals surface area contributed by atoms with E-state index in [2.05, 4.69) is 5.32 Å². The van der Waals surface area contributed by atoms with Gasteiger partial charge in [0.2, 0.25) is 10.0 Å². The summed E-state index contributed by atoms with van der Waals surface area (Å²) < 4.78 is 29.2. The first-order chi connectivity index (χ1) is 6.95. The first-order valence-electron chi connectivity index (χ1n) is 5.12. The third-order valence-electron chi connectivity index (χ3n) is 2.78. The molecule has 90 valence electrons. The third kappa shape index (κ3) is 3.71. The summed E-state index contributed by atoms with van der Waals surface area (Å²) in [4.78, 5) is 0. The van der Waals surface area contributed by atoms with Crippen molar-refractivity contribution in [2.75, 3.05) is 33.5 Å². The lowest BCUT2D eigenvalue weighted by Crippen LogP contribution is -2.46. The van der Waals surface area contributed by atoms with Crippen molar-refractivity contribution in [2.24, 2.45) is 0 Å². The molecular weight excluding hydrogens is 216 g/mol. The highest BCUT2D eigenvalue weighted by Crippen LogP contribution is 2.22. The molecule has 6 heteroatoms. The standard InChI is InChI=1S/C9H20N2O3S/c1-11(2)15(12,13)5-4-10-8-6-9(7-8)14-3/h8-10H,4-7H2,1-3H3. The quantitative estimate of drug-likeness (QED) is 0.684. The normalized spacial score (nSPS) is 26.7. The van der Waals surface area contributed by atoms with Crippen LogP contribution in [0.4, 0.5) is 0 Å². The number of sulfonamides is 1. The van der Waals surface area contributed by atoms with Crippen LogP contribution in [0.5, 0.6) is 0 Å². The smallest absolute Gasteiger partial charge is 0.214 e. The lowest BCUT2D eigenvalue weighted by molar-refractivity contribution is 0.0181. The van der Waals surface area contributed by atoms with Crippen molar-refractivity contribution in [1.82, 2.24) is 9.62 Å². The Morgan fingerprint density at radius 3 is 2.47 bits per heavy atom. The van der Waals surface area contributed by atoms with Crippen LogP contribution in [0.2, 0.25) is 0 Å². The van der Waals surface area contributed by atoms with Gasteiger partial charge in [-0.05, 0) is 12.8 Å². The van der Waals surface area contributed by atoms with Gasteiger partial charge < -0.3 is 10.1 Å². The number of rotatable bonds is 6. The summed E-state index contributed by atoms with van der Waals surface area (Å²) in [5.74, 6) is 0.161. The number of hydrogen-bond acceptors (Lipinski definition) is 4. The Morgan fingerprint density at radius 2 is 2.00 bits per heavy atom. The van der Waals surface area contributed by atoms with Gasteiger partial charge in [-0.25, -0.2) is 12.7 Å². The molecule has 0 radical (unpaired) electrons. The fourth-order valence-electron chi connectivity index (χ4n) is 1.50. The zero-order chi connectivity index (χ0) is 11.5. The molecule has 1 rings (SSSR count). The Bertz CT molecular complexity index is 284. The number of ether oxygens (including phenoxy) is 1. The zero-order valence-electron chi connectivity index (χ0n) is 9.56. The van der Waals surface area contributed by atoms with E-state index in [-0.39, 0.29) is 5.75 Å². The molecule has 1 saturated carbocycles. The van der Waals surface area contributed by atoms with E-state index in [1.165, 1.54) is 4.31 Å². The summed E-state index contributed by atoms with van der Waals surface area (Å²) in [5, 5.41) is 3.21.